The van der Waals surface area contributed by atoms with E-state index in [0.717, 1.165) is 29.7 Å². The average Bonchev–Trinajstić information content (AvgIpc) is 2.50. The van der Waals surface area contributed by atoms with Gasteiger partial charge in [-0.3, -0.25) is 5.84 Å². The van der Waals surface area contributed by atoms with Gasteiger partial charge in [0.15, 0.2) is 0 Å². The second kappa shape index (κ2) is 6.13. The quantitative estimate of drug-likeness (QED) is 0.658. The molecule has 1 aliphatic rings. The number of fused-ring (bicyclic) bond motifs is 1. The Morgan fingerprint density at radius 3 is 2.86 bits per heavy atom. The first kappa shape index (κ1) is 14.5. The van der Waals surface area contributed by atoms with Crippen molar-refractivity contribution in [2.24, 2.45) is 5.84 Å². The van der Waals surface area contributed by atoms with Crippen molar-refractivity contribution in [3.05, 3.63) is 63.4 Å². The lowest BCUT2D eigenvalue weighted by Gasteiger charge is -2.25. The zero-order valence-electron chi connectivity index (χ0n) is 11.4. The lowest BCUT2D eigenvalue weighted by Crippen LogP contribution is -2.30. The van der Waals surface area contributed by atoms with Crippen molar-refractivity contribution >= 4 is 15.9 Å². The number of nitrogens with one attached hydrogen (secondary N) is 1. The Labute approximate surface area is 131 Å². The topological polar surface area (TPSA) is 47.3 Å². The summed E-state index contributed by atoms with van der Waals surface area (Å²) in [5, 5.41) is 0. The van der Waals surface area contributed by atoms with Crippen molar-refractivity contribution in [1.29, 1.82) is 0 Å². The molecule has 3 N–H and O–H groups in total. The van der Waals surface area contributed by atoms with E-state index in [2.05, 4.69) is 21.4 Å². The van der Waals surface area contributed by atoms with Gasteiger partial charge in [0.25, 0.3) is 0 Å². The number of hydrogen-bond acceptors (Lipinski definition) is 3. The normalized spacial score (nSPS) is 15.2. The van der Waals surface area contributed by atoms with E-state index in [1.807, 2.05) is 18.2 Å². The maximum Gasteiger partial charge on any atom is 0.129 e. The van der Waals surface area contributed by atoms with E-state index >= 15 is 0 Å². The monoisotopic (exact) mass is 350 g/mol. The van der Waals surface area contributed by atoms with Gasteiger partial charge in [0.05, 0.1) is 12.6 Å². The third-order valence-electron chi connectivity index (χ3n) is 3.72. The first-order valence-corrected chi connectivity index (χ1v) is 7.65. The molecule has 110 valence electrons. The molecule has 1 atom stereocenters. The fourth-order valence-electron chi connectivity index (χ4n) is 2.72. The molecule has 0 fully saturated rings. The third kappa shape index (κ3) is 2.81. The molecule has 0 aromatic heterocycles. The van der Waals surface area contributed by atoms with Gasteiger partial charge in [-0.15, -0.1) is 0 Å². The standard InChI is InChI=1S/C16H16BrFN2O/c17-11-6-7-12(14(18)9-11)15(20-19)13-5-1-3-10-4-2-8-21-16(10)13/h1,3,5-7,9,15,20H,2,4,8,19H2. The van der Waals surface area contributed by atoms with Crippen molar-refractivity contribution in [3.63, 3.8) is 0 Å². The maximum atomic E-state index is 14.2. The number of ether oxygens (including phenoxy) is 1. The zero-order chi connectivity index (χ0) is 14.8. The van der Waals surface area contributed by atoms with Crippen LogP contribution in [0.5, 0.6) is 5.75 Å². The summed E-state index contributed by atoms with van der Waals surface area (Å²) < 4.78 is 20.7. The van der Waals surface area contributed by atoms with Crippen LogP contribution in [0.1, 0.15) is 29.2 Å². The van der Waals surface area contributed by atoms with Crippen molar-refractivity contribution in [3.8, 4) is 5.75 Å². The van der Waals surface area contributed by atoms with Gasteiger partial charge in [-0.05, 0) is 30.5 Å². The molecular weight excluding hydrogens is 335 g/mol. The smallest absolute Gasteiger partial charge is 0.129 e. The van der Waals surface area contributed by atoms with Gasteiger partial charge in [0.1, 0.15) is 11.6 Å². The zero-order valence-corrected chi connectivity index (χ0v) is 13.0. The van der Waals surface area contributed by atoms with Gasteiger partial charge in [0, 0.05) is 15.6 Å². The molecule has 0 bridgehead atoms. The van der Waals surface area contributed by atoms with E-state index in [9.17, 15) is 4.39 Å². The van der Waals surface area contributed by atoms with E-state index in [1.165, 1.54) is 6.07 Å². The first-order chi connectivity index (χ1) is 10.2. The Kier molecular flexibility index (Phi) is 4.24. The summed E-state index contributed by atoms with van der Waals surface area (Å²) in [5.41, 5.74) is 5.23. The van der Waals surface area contributed by atoms with E-state index in [4.69, 9.17) is 10.6 Å². The van der Waals surface area contributed by atoms with Crippen LogP contribution in [0.4, 0.5) is 4.39 Å². The summed E-state index contributed by atoms with van der Waals surface area (Å²) in [6.07, 6.45) is 1.98. The predicted octanol–water partition coefficient (Wildman–Crippen LogP) is 3.47. The van der Waals surface area contributed by atoms with Gasteiger partial charge in [-0.25, -0.2) is 9.82 Å². The molecule has 0 aliphatic carbocycles. The highest BCUT2D eigenvalue weighted by molar-refractivity contribution is 9.10. The highest BCUT2D eigenvalue weighted by Gasteiger charge is 2.23. The largest absolute Gasteiger partial charge is 0.493 e. The molecule has 1 aliphatic heterocycles. The maximum absolute atomic E-state index is 14.2. The summed E-state index contributed by atoms with van der Waals surface area (Å²) in [6, 6.07) is 10.5. The number of para-hydroxylation sites is 1. The van der Waals surface area contributed by atoms with Crippen LogP contribution in [-0.2, 0) is 6.42 Å². The van der Waals surface area contributed by atoms with Crippen molar-refractivity contribution < 1.29 is 9.13 Å². The molecule has 0 amide bonds. The summed E-state index contributed by atoms with van der Waals surface area (Å²) in [4.78, 5) is 0. The van der Waals surface area contributed by atoms with Crippen LogP contribution in [0, 0.1) is 5.82 Å². The number of rotatable bonds is 3. The van der Waals surface area contributed by atoms with Crippen molar-refractivity contribution in [2.75, 3.05) is 6.61 Å². The second-order valence-electron chi connectivity index (χ2n) is 5.05. The Morgan fingerprint density at radius 2 is 2.10 bits per heavy atom. The summed E-state index contributed by atoms with van der Waals surface area (Å²) in [7, 11) is 0. The van der Waals surface area contributed by atoms with E-state index < -0.39 is 6.04 Å². The Hall–Kier alpha value is -1.43. The molecule has 3 rings (SSSR count). The minimum absolute atomic E-state index is 0.305. The lowest BCUT2D eigenvalue weighted by atomic mass is 9.94. The van der Waals surface area contributed by atoms with Gasteiger partial charge >= 0.3 is 0 Å². The summed E-state index contributed by atoms with van der Waals surface area (Å²) >= 11 is 3.27. The SMILES string of the molecule is NNC(c1ccc(Br)cc1F)c1cccc2c1OCCC2. The third-order valence-corrected chi connectivity index (χ3v) is 4.21. The van der Waals surface area contributed by atoms with E-state index in [1.54, 1.807) is 12.1 Å². The molecule has 0 radical (unpaired) electrons. The van der Waals surface area contributed by atoms with Crippen LogP contribution >= 0.6 is 15.9 Å². The van der Waals surface area contributed by atoms with Gasteiger partial charge in [-0.2, -0.15) is 0 Å². The van der Waals surface area contributed by atoms with Crippen molar-refractivity contribution in [1.82, 2.24) is 5.43 Å². The highest BCUT2D eigenvalue weighted by atomic mass is 79.9. The molecule has 2 aromatic rings. The number of nitrogens with two attached hydrogens (primary N) is 1. The molecule has 1 unspecified atom stereocenters. The Balaban J connectivity index is 2.08. The number of benzene rings is 2. The molecule has 0 saturated heterocycles. The summed E-state index contributed by atoms with van der Waals surface area (Å²) in [6.45, 7) is 0.685. The Bertz CT molecular complexity index is 663. The molecule has 2 aromatic carbocycles. The van der Waals surface area contributed by atoms with Gasteiger partial charge in [-0.1, -0.05) is 40.2 Å². The molecule has 1 heterocycles. The molecule has 5 heteroatoms. The molecule has 0 saturated carbocycles. The van der Waals surface area contributed by atoms with E-state index in [0.29, 0.717) is 16.6 Å². The first-order valence-electron chi connectivity index (χ1n) is 6.86. The average molecular weight is 351 g/mol. The molecule has 3 nitrogen and oxygen atoms in total. The predicted molar refractivity (Wildman–Crippen MR) is 83.5 cm³/mol. The second-order valence-corrected chi connectivity index (χ2v) is 5.97. The number of halogens is 2. The van der Waals surface area contributed by atoms with Crippen LogP contribution in [-0.4, -0.2) is 6.61 Å². The Morgan fingerprint density at radius 1 is 1.24 bits per heavy atom. The van der Waals surface area contributed by atoms with Crippen LogP contribution in [0.15, 0.2) is 40.9 Å². The number of hydrazine groups is 1. The van der Waals surface area contributed by atoms with Crippen molar-refractivity contribution in [2.45, 2.75) is 18.9 Å². The van der Waals surface area contributed by atoms with E-state index in [-0.39, 0.29) is 5.82 Å². The summed E-state index contributed by atoms with van der Waals surface area (Å²) in [5.74, 6) is 6.22. The fourth-order valence-corrected chi connectivity index (χ4v) is 3.06. The number of aryl methyl sites for hydroxylation is 1. The van der Waals surface area contributed by atoms with Crippen LogP contribution < -0.4 is 16.0 Å². The van der Waals surface area contributed by atoms with Crippen LogP contribution in [0.25, 0.3) is 0 Å². The lowest BCUT2D eigenvalue weighted by molar-refractivity contribution is 0.283. The minimum Gasteiger partial charge on any atom is -0.493 e. The van der Waals surface area contributed by atoms with Gasteiger partial charge in [0.2, 0.25) is 0 Å². The molecule has 21 heavy (non-hydrogen) atoms. The fraction of sp³-hybridized carbons (Fsp3) is 0.250. The minimum atomic E-state index is -0.439. The number of hydrogen-bond donors (Lipinski definition) is 2. The van der Waals surface area contributed by atoms with Crippen LogP contribution in [0.2, 0.25) is 0 Å². The molecule has 0 spiro atoms. The van der Waals surface area contributed by atoms with Crippen LogP contribution in [0.3, 0.4) is 0 Å². The molecular formula is C16H16BrFN2O. The van der Waals surface area contributed by atoms with Gasteiger partial charge < -0.3 is 4.74 Å². The highest BCUT2D eigenvalue weighted by Crippen LogP contribution is 2.36.